The van der Waals surface area contributed by atoms with E-state index in [2.05, 4.69) is 10.4 Å². The molecule has 0 bridgehead atoms. The molecule has 3 aromatic rings. The van der Waals surface area contributed by atoms with Crippen molar-refractivity contribution in [1.29, 1.82) is 0 Å². The number of nitrogens with zero attached hydrogens (tertiary/aromatic N) is 3. The predicted molar refractivity (Wildman–Crippen MR) is 104 cm³/mol. The molecular weight excluding hydrogens is 340 g/mol. The van der Waals surface area contributed by atoms with Gasteiger partial charge < -0.3 is 10.2 Å². The van der Waals surface area contributed by atoms with Gasteiger partial charge in [-0.1, -0.05) is 30.3 Å². The summed E-state index contributed by atoms with van der Waals surface area (Å²) in [6, 6.07) is 17.0. The first-order valence-electron chi connectivity index (χ1n) is 8.69. The molecule has 1 N–H and O–H groups in total. The minimum absolute atomic E-state index is 0.0407. The number of hydrogen-bond donors (Lipinski definition) is 1. The number of benzene rings is 2. The van der Waals surface area contributed by atoms with E-state index in [0.717, 1.165) is 16.8 Å². The molecule has 0 unspecified atom stereocenters. The maximum atomic E-state index is 12.2. The lowest BCUT2D eigenvalue weighted by Crippen LogP contribution is -2.24. The molecule has 0 radical (unpaired) electrons. The van der Waals surface area contributed by atoms with E-state index in [1.165, 1.54) is 4.90 Å². The topological polar surface area (TPSA) is 67.2 Å². The van der Waals surface area contributed by atoms with E-state index in [0.29, 0.717) is 12.1 Å². The first kappa shape index (κ1) is 18.4. The average molecular weight is 362 g/mol. The first-order valence-corrected chi connectivity index (χ1v) is 8.69. The fraction of sp³-hybridized carbons (Fsp3) is 0.190. The third-order valence-corrected chi connectivity index (χ3v) is 4.12. The molecule has 6 heteroatoms. The van der Waals surface area contributed by atoms with Gasteiger partial charge in [0.2, 0.25) is 5.91 Å². The van der Waals surface area contributed by atoms with Crippen molar-refractivity contribution in [2.45, 2.75) is 13.0 Å². The van der Waals surface area contributed by atoms with Crippen LogP contribution in [0.4, 0.5) is 0 Å². The number of rotatable bonds is 6. The van der Waals surface area contributed by atoms with Gasteiger partial charge in [0.25, 0.3) is 5.91 Å². The van der Waals surface area contributed by atoms with Crippen LogP contribution < -0.4 is 5.32 Å². The molecule has 0 spiro atoms. The molecule has 2 aromatic carbocycles. The van der Waals surface area contributed by atoms with Gasteiger partial charge >= 0.3 is 0 Å². The Morgan fingerprint density at radius 3 is 2.37 bits per heavy atom. The summed E-state index contributed by atoms with van der Waals surface area (Å²) in [6.45, 7) is 0.419. The number of hydrogen-bond acceptors (Lipinski definition) is 3. The second-order valence-electron chi connectivity index (χ2n) is 6.48. The van der Waals surface area contributed by atoms with Crippen LogP contribution in [0.25, 0.3) is 5.69 Å². The molecule has 1 aromatic heterocycles. The Labute approximate surface area is 158 Å². The normalized spacial score (nSPS) is 10.4. The third-order valence-electron chi connectivity index (χ3n) is 4.12. The summed E-state index contributed by atoms with van der Waals surface area (Å²) < 4.78 is 1.75. The lowest BCUT2D eigenvalue weighted by atomic mass is 10.1. The molecule has 27 heavy (non-hydrogen) atoms. The van der Waals surface area contributed by atoms with Gasteiger partial charge in [-0.25, -0.2) is 4.68 Å². The average Bonchev–Trinajstić information content (AvgIpc) is 3.15. The van der Waals surface area contributed by atoms with Gasteiger partial charge in [0.05, 0.1) is 18.3 Å². The second kappa shape index (κ2) is 8.31. The Bertz CT molecular complexity index is 915. The summed E-state index contributed by atoms with van der Waals surface area (Å²) in [5.74, 6) is -0.114. The lowest BCUT2D eigenvalue weighted by Gasteiger charge is -2.10. The van der Waals surface area contributed by atoms with E-state index < -0.39 is 0 Å². The maximum Gasteiger partial charge on any atom is 0.253 e. The summed E-state index contributed by atoms with van der Waals surface area (Å²) in [7, 11) is 3.44. The molecule has 138 valence electrons. The van der Waals surface area contributed by atoms with E-state index in [1.54, 1.807) is 37.1 Å². The first-order chi connectivity index (χ1) is 13.0. The van der Waals surface area contributed by atoms with Gasteiger partial charge in [0.15, 0.2) is 0 Å². The van der Waals surface area contributed by atoms with Crippen LogP contribution in [-0.2, 0) is 17.8 Å². The van der Waals surface area contributed by atoms with Crippen molar-refractivity contribution < 1.29 is 9.59 Å². The Balaban J connectivity index is 1.53. The molecule has 0 aliphatic rings. The minimum atomic E-state index is -0.0731. The van der Waals surface area contributed by atoms with Crippen molar-refractivity contribution in [2.75, 3.05) is 14.1 Å². The molecule has 0 aliphatic carbocycles. The van der Waals surface area contributed by atoms with Crippen LogP contribution >= 0.6 is 0 Å². The highest BCUT2D eigenvalue weighted by Gasteiger charge is 2.09. The third kappa shape index (κ3) is 4.82. The van der Waals surface area contributed by atoms with Crippen LogP contribution in [0.1, 0.15) is 21.5 Å². The fourth-order valence-electron chi connectivity index (χ4n) is 2.65. The van der Waals surface area contributed by atoms with Crippen molar-refractivity contribution >= 4 is 11.8 Å². The van der Waals surface area contributed by atoms with Crippen molar-refractivity contribution in [2.24, 2.45) is 0 Å². The molecule has 0 saturated heterocycles. The number of carbonyl (C=O) groups is 2. The highest BCUT2D eigenvalue weighted by molar-refractivity contribution is 5.93. The van der Waals surface area contributed by atoms with E-state index in [9.17, 15) is 9.59 Å². The smallest absolute Gasteiger partial charge is 0.253 e. The van der Waals surface area contributed by atoms with Gasteiger partial charge in [-0.05, 0) is 35.4 Å². The van der Waals surface area contributed by atoms with E-state index >= 15 is 0 Å². The summed E-state index contributed by atoms with van der Waals surface area (Å²) in [5.41, 5.74) is 3.38. The number of amides is 2. The van der Waals surface area contributed by atoms with Crippen molar-refractivity contribution in [1.82, 2.24) is 20.0 Å². The highest BCUT2D eigenvalue weighted by atomic mass is 16.2. The SMILES string of the molecule is CN(C)C(=O)c1ccc(CNC(=O)Cc2cnn(-c3ccccc3)c2)cc1. The predicted octanol–water partition coefficient (Wildman–Crippen LogP) is 2.43. The zero-order valence-electron chi connectivity index (χ0n) is 15.4. The minimum Gasteiger partial charge on any atom is -0.352 e. The molecule has 3 rings (SSSR count). The summed E-state index contributed by atoms with van der Waals surface area (Å²) in [6.07, 6.45) is 3.83. The highest BCUT2D eigenvalue weighted by Crippen LogP contribution is 2.09. The van der Waals surface area contributed by atoms with E-state index in [-0.39, 0.29) is 18.2 Å². The Hall–Kier alpha value is -3.41. The second-order valence-corrected chi connectivity index (χ2v) is 6.48. The Morgan fingerprint density at radius 2 is 1.70 bits per heavy atom. The number of para-hydroxylation sites is 1. The van der Waals surface area contributed by atoms with Crippen LogP contribution in [0.3, 0.4) is 0 Å². The molecule has 6 nitrogen and oxygen atoms in total. The maximum absolute atomic E-state index is 12.2. The van der Waals surface area contributed by atoms with E-state index in [4.69, 9.17) is 0 Å². The van der Waals surface area contributed by atoms with Gasteiger partial charge in [-0.2, -0.15) is 5.10 Å². The van der Waals surface area contributed by atoms with Crippen molar-refractivity contribution in [3.05, 3.63) is 83.7 Å². The molecule has 2 amide bonds. The van der Waals surface area contributed by atoms with Crippen LogP contribution in [0, 0.1) is 0 Å². The molecular formula is C21H22N4O2. The summed E-state index contributed by atoms with van der Waals surface area (Å²) in [5, 5.41) is 7.20. The fourth-order valence-corrected chi connectivity index (χ4v) is 2.65. The van der Waals surface area contributed by atoms with Crippen molar-refractivity contribution in [3.8, 4) is 5.69 Å². The monoisotopic (exact) mass is 362 g/mol. The van der Waals surface area contributed by atoms with Gasteiger partial charge in [-0.3, -0.25) is 9.59 Å². The summed E-state index contributed by atoms with van der Waals surface area (Å²) in [4.78, 5) is 25.6. The Morgan fingerprint density at radius 1 is 1.00 bits per heavy atom. The quantitative estimate of drug-likeness (QED) is 0.732. The Kier molecular flexibility index (Phi) is 5.66. The van der Waals surface area contributed by atoms with Crippen LogP contribution in [-0.4, -0.2) is 40.6 Å². The van der Waals surface area contributed by atoms with Crippen LogP contribution in [0.15, 0.2) is 67.0 Å². The van der Waals surface area contributed by atoms with Gasteiger partial charge in [-0.15, -0.1) is 0 Å². The molecule has 0 aliphatic heterocycles. The standard InChI is InChI=1S/C21H22N4O2/c1-24(2)21(27)18-10-8-16(9-11-18)13-22-20(26)12-17-14-23-25(15-17)19-6-4-3-5-7-19/h3-11,14-15H,12-13H2,1-2H3,(H,22,26). The van der Waals surface area contributed by atoms with E-state index in [1.807, 2.05) is 48.7 Å². The number of nitrogens with one attached hydrogen (secondary N) is 1. The van der Waals surface area contributed by atoms with Crippen molar-refractivity contribution in [3.63, 3.8) is 0 Å². The summed E-state index contributed by atoms with van der Waals surface area (Å²) >= 11 is 0. The zero-order valence-corrected chi connectivity index (χ0v) is 15.4. The van der Waals surface area contributed by atoms with Crippen LogP contribution in [0.2, 0.25) is 0 Å². The van der Waals surface area contributed by atoms with Gasteiger partial charge in [0.1, 0.15) is 0 Å². The molecule has 1 heterocycles. The van der Waals surface area contributed by atoms with Crippen LogP contribution in [0.5, 0.6) is 0 Å². The number of aromatic nitrogens is 2. The molecule has 0 atom stereocenters. The number of carbonyl (C=O) groups excluding carboxylic acids is 2. The molecule has 0 saturated carbocycles. The molecule has 0 fully saturated rings. The largest absolute Gasteiger partial charge is 0.352 e. The zero-order chi connectivity index (χ0) is 19.2. The lowest BCUT2D eigenvalue weighted by molar-refractivity contribution is -0.120. The van der Waals surface area contributed by atoms with Gasteiger partial charge in [0, 0.05) is 32.4 Å².